The monoisotopic (exact) mass is 252 g/mol. The second-order valence-electron chi connectivity index (χ2n) is 4.23. The van der Waals surface area contributed by atoms with Crippen LogP contribution in [0.4, 0.5) is 5.69 Å². The minimum Gasteiger partial charge on any atom is -0.484 e. The normalized spacial score (nSPS) is 11.9. The van der Waals surface area contributed by atoms with Crippen LogP contribution in [0.5, 0.6) is 5.75 Å². The van der Waals surface area contributed by atoms with Crippen LogP contribution in [0.25, 0.3) is 0 Å². The molecule has 1 unspecified atom stereocenters. The van der Waals surface area contributed by atoms with E-state index in [4.69, 9.17) is 15.2 Å². The Morgan fingerprint density at radius 1 is 1.50 bits per heavy atom. The molecule has 1 atom stereocenters. The van der Waals surface area contributed by atoms with Crippen LogP contribution < -0.4 is 15.8 Å². The third kappa shape index (κ3) is 4.63. The van der Waals surface area contributed by atoms with Gasteiger partial charge in [0.1, 0.15) is 5.75 Å². The van der Waals surface area contributed by atoms with Gasteiger partial charge in [0.15, 0.2) is 6.61 Å². The summed E-state index contributed by atoms with van der Waals surface area (Å²) >= 11 is 0. The Morgan fingerprint density at radius 2 is 2.22 bits per heavy atom. The minimum absolute atomic E-state index is 0.0165. The summed E-state index contributed by atoms with van der Waals surface area (Å²) in [5.41, 5.74) is 7.34. The Hall–Kier alpha value is -1.75. The Kier molecular flexibility index (Phi) is 5.45. The van der Waals surface area contributed by atoms with Crippen LogP contribution in [0.2, 0.25) is 0 Å². The third-order valence-electron chi connectivity index (χ3n) is 2.44. The van der Waals surface area contributed by atoms with E-state index in [1.54, 1.807) is 25.3 Å². The van der Waals surface area contributed by atoms with Crippen molar-refractivity contribution < 1.29 is 14.3 Å². The van der Waals surface area contributed by atoms with Crippen molar-refractivity contribution in [2.24, 2.45) is 0 Å². The molecule has 0 saturated carbocycles. The lowest BCUT2D eigenvalue weighted by Gasteiger charge is -2.13. The second kappa shape index (κ2) is 6.86. The van der Waals surface area contributed by atoms with Crippen molar-refractivity contribution in [3.8, 4) is 5.75 Å². The number of nitrogens with one attached hydrogen (secondary N) is 1. The van der Waals surface area contributed by atoms with Gasteiger partial charge < -0.3 is 20.5 Å². The first-order chi connectivity index (χ1) is 8.52. The van der Waals surface area contributed by atoms with Crippen LogP contribution in [0.3, 0.4) is 0 Å². The number of nitrogen functional groups attached to an aromatic ring is 1. The number of amides is 1. The molecule has 1 aromatic rings. The highest BCUT2D eigenvalue weighted by molar-refractivity contribution is 5.77. The molecule has 1 rings (SSSR count). The molecule has 0 aliphatic carbocycles. The van der Waals surface area contributed by atoms with E-state index in [1.807, 2.05) is 13.8 Å². The van der Waals surface area contributed by atoms with E-state index >= 15 is 0 Å². The lowest BCUT2D eigenvalue weighted by Crippen LogP contribution is -2.38. The summed E-state index contributed by atoms with van der Waals surface area (Å²) in [7, 11) is 1.59. The van der Waals surface area contributed by atoms with Crippen LogP contribution in [-0.2, 0) is 9.53 Å². The standard InChI is InChI=1S/C13H20N2O3/c1-9-6-11(4-5-12(9)14)18-8-13(16)15-10(2)7-17-3/h4-6,10H,7-8,14H2,1-3H3,(H,15,16). The SMILES string of the molecule is COCC(C)NC(=O)COc1ccc(N)c(C)c1. The van der Waals surface area contributed by atoms with E-state index in [0.717, 1.165) is 5.56 Å². The quantitative estimate of drug-likeness (QED) is 0.744. The molecular formula is C13H20N2O3. The average Bonchev–Trinajstić information content (AvgIpc) is 2.31. The number of benzene rings is 1. The fraction of sp³-hybridized carbons (Fsp3) is 0.462. The highest BCUT2D eigenvalue weighted by atomic mass is 16.5. The predicted octanol–water partition coefficient (Wildman–Crippen LogP) is 1.11. The van der Waals surface area contributed by atoms with Crippen molar-refractivity contribution in [2.75, 3.05) is 26.1 Å². The van der Waals surface area contributed by atoms with E-state index in [0.29, 0.717) is 18.0 Å². The second-order valence-corrected chi connectivity index (χ2v) is 4.23. The molecule has 5 nitrogen and oxygen atoms in total. The van der Waals surface area contributed by atoms with Crippen LogP contribution in [0.1, 0.15) is 12.5 Å². The van der Waals surface area contributed by atoms with E-state index in [9.17, 15) is 4.79 Å². The number of nitrogens with two attached hydrogens (primary N) is 1. The largest absolute Gasteiger partial charge is 0.484 e. The van der Waals surface area contributed by atoms with Crippen molar-refractivity contribution in [2.45, 2.75) is 19.9 Å². The Labute approximate surface area is 107 Å². The number of hydrogen-bond acceptors (Lipinski definition) is 4. The van der Waals surface area contributed by atoms with Gasteiger partial charge in [-0.05, 0) is 37.6 Å². The number of anilines is 1. The van der Waals surface area contributed by atoms with Gasteiger partial charge >= 0.3 is 0 Å². The average molecular weight is 252 g/mol. The zero-order valence-electron chi connectivity index (χ0n) is 11.0. The highest BCUT2D eigenvalue weighted by Gasteiger charge is 2.07. The van der Waals surface area contributed by atoms with Gasteiger partial charge in [-0.25, -0.2) is 0 Å². The molecule has 0 bridgehead atoms. The van der Waals surface area contributed by atoms with Crippen LogP contribution in [-0.4, -0.2) is 32.3 Å². The zero-order valence-corrected chi connectivity index (χ0v) is 11.0. The first-order valence-electron chi connectivity index (χ1n) is 5.80. The molecule has 0 saturated heterocycles. The maximum Gasteiger partial charge on any atom is 0.258 e. The number of rotatable bonds is 6. The van der Waals surface area contributed by atoms with Crippen molar-refractivity contribution in [3.63, 3.8) is 0 Å². The molecular weight excluding hydrogens is 232 g/mol. The van der Waals surface area contributed by atoms with E-state index in [2.05, 4.69) is 5.32 Å². The van der Waals surface area contributed by atoms with Crippen LogP contribution >= 0.6 is 0 Å². The lowest BCUT2D eigenvalue weighted by molar-refractivity contribution is -0.124. The van der Waals surface area contributed by atoms with Crippen molar-refractivity contribution in [1.82, 2.24) is 5.32 Å². The topological polar surface area (TPSA) is 73.6 Å². The van der Waals surface area contributed by atoms with Gasteiger partial charge in [-0.3, -0.25) is 4.79 Å². The first-order valence-corrected chi connectivity index (χ1v) is 5.80. The molecule has 0 heterocycles. The van der Waals surface area contributed by atoms with Crippen molar-refractivity contribution in [3.05, 3.63) is 23.8 Å². The highest BCUT2D eigenvalue weighted by Crippen LogP contribution is 2.18. The summed E-state index contributed by atoms with van der Waals surface area (Å²) in [6.45, 7) is 4.22. The van der Waals surface area contributed by atoms with Crippen LogP contribution in [0.15, 0.2) is 18.2 Å². The van der Waals surface area contributed by atoms with Gasteiger partial charge in [0.25, 0.3) is 5.91 Å². The molecule has 1 aromatic carbocycles. The molecule has 1 amide bonds. The number of ether oxygens (including phenoxy) is 2. The predicted molar refractivity (Wildman–Crippen MR) is 70.6 cm³/mol. The Bertz CT molecular complexity index is 407. The molecule has 18 heavy (non-hydrogen) atoms. The summed E-state index contributed by atoms with van der Waals surface area (Å²) in [5.74, 6) is 0.463. The Morgan fingerprint density at radius 3 is 2.83 bits per heavy atom. The smallest absolute Gasteiger partial charge is 0.258 e. The van der Waals surface area contributed by atoms with Gasteiger partial charge in [-0.2, -0.15) is 0 Å². The molecule has 100 valence electrons. The number of carbonyl (C=O) groups excluding carboxylic acids is 1. The molecule has 0 aliphatic rings. The summed E-state index contributed by atoms with van der Waals surface area (Å²) in [6.07, 6.45) is 0. The Balaban J connectivity index is 2.40. The number of carbonyl (C=O) groups is 1. The molecule has 0 spiro atoms. The number of methoxy groups -OCH3 is 1. The maximum absolute atomic E-state index is 11.5. The van der Waals surface area contributed by atoms with Crippen LogP contribution in [0, 0.1) is 6.92 Å². The molecule has 0 fully saturated rings. The molecule has 5 heteroatoms. The van der Waals surface area contributed by atoms with Crippen molar-refractivity contribution >= 4 is 11.6 Å². The summed E-state index contributed by atoms with van der Waals surface area (Å²) in [6, 6.07) is 5.28. The lowest BCUT2D eigenvalue weighted by atomic mass is 10.2. The summed E-state index contributed by atoms with van der Waals surface area (Å²) in [5, 5.41) is 2.76. The van der Waals surface area contributed by atoms with Crippen molar-refractivity contribution in [1.29, 1.82) is 0 Å². The van der Waals surface area contributed by atoms with Gasteiger partial charge in [-0.1, -0.05) is 0 Å². The summed E-state index contributed by atoms with van der Waals surface area (Å²) in [4.78, 5) is 11.5. The van der Waals surface area contributed by atoms with Gasteiger partial charge in [0.2, 0.25) is 0 Å². The molecule has 0 aromatic heterocycles. The van der Waals surface area contributed by atoms with E-state index in [-0.39, 0.29) is 18.6 Å². The van der Waals surface area contributed by atoms with Gasteiger partial charge in [-0.15, -0.1) is 0 Å². The van der Waals surface area contributed by atoms with E-state index < -0.39 is 0 Å². The first kappa shape index (κ1) is 14.3. The maximum atomic E-state index is 11.5. The zero-order chi connectivity index (χ0) is 13.5. The molecule has 0 aliphatic heterocycles. The minimum atomic E-state index is -0.172. The van der Waals surface area contributed by atoms with E-state index in [1.165, 1.54) is 0 Å². The molecule has 3 N–H and O–H groups in total. The fourth-order valence-corrected chi connectivity index (χ4v) is 1.50. The van der Waals surface area contributed by atoms with Gasteiger partial charge in [0, 0.05) is 18.8 Å². The molecule has 0 radical (unpaired) electrons. The number of aryl methyl sites for hydroxylation is 1. The fourth-order valence-electron chi connectivity index (χ4n) is 1.50. The van der Waals surface area contributed by atoms with Gasteiger partial charge in [0.05, 0.1) is 6.61 Å². The summed E-state index contributed by atoms with van der Waals surface area (Å²) < 4.78 is 10.3. The number of hydrogen-bond donors (Lipinski definition) is 2. The third-order valence-corrected chi connectivity index (χ3v) is 2.44.